The molecule has 0 unspecified atom stereocenters. The minimum absolute atomic E-state index is 0.0466. The Kier molecular flexibility index (Phi) is 6.15. The van der Waals surface area contributed by atoms with Crippen LogP contribution in [0.1, 0.15) is 18.4 Å². The molecule has 0 spiro atoms. The van der Waals surface area contributed by atoms with Crippen LogP contribution >= 0.6 is 11.8 Å². The predicted molar refractivity (Wildman–Crippen MR) is 126 cm³/mol. The second kappa shape index (κ2) is 9.36. The molecule has 0 saturated carbocycles. The third-order valence-corrected chi connectivity index (χ3v) is 6.94. The van der Waals surface area contributed by atoms with Crippen molar-refractivity contribution in [2.45, 2.75) is 30.3 Å². The highest BCUT2D eigenvalue weighted by molar-refractivity contribution is 8.00. The predicted octanol–water partition coefficient (Wildman–Crippen LogP) is 4.31. The molecule has 9 heteroatoms. The second-order valence-electron chi connectivity index (χ2n) is 8.03. The fourth-order valence-corrected chi connectivity index (χ4v) is 5.04. The van der Waals surface area contributed by atoms with Crippen molar-refractivity contribution in [2.24, 2.45) is 0 Å². The highest BCUT2D eigenvalue weighted by Crippen LogP contribution is 2.36. The quantitative estimate of drug-likeness (QED) is 0.505. The molecule has 170 valence electrons. The smallest absolute Gasteiger partial charge is 0.414 e. The zero-order valence-corrected chi connectivity index (χ0v) is 18.7. The van der Waals surface area contributed by atoms with Gasteiger partial charge in [0.1, 0.15) is 12.4 Å². The Bertz CT molecular complexity index is 1220. The molecule has 1 atom stereocenters. The van der Waals surface area contributed by atoms with Crippen molar-refractivity contribution in [3.05, 3.63) is 60.0 Å². The van der Waals surface area contributed by atoms with E-state index in [1.807, 2.05) is 30.3 Å². The van der Waals surface area contributed by atoms with Crippen molar-refractivity contribution in [1.29, 1.82) is 0 Å². The lowest BCUT2D eigenvalue weighted by atomic mass is 10.1. The SMILES string of the molecule is O=C1CSc2ccc(N3C(=O)OC[C@@H]3CCCNCc3c(F)ccc4ncccc34)cc2N1. The standard InChI is InChI=1S/C24H23FN4O3S/c25-19-6-7-20-17(4-2-10-27-20)18(19)12-26-9-1-3-16-13-32-24(31)29(16)15-5-8-22-21(11-15)28-23(30)14-33-22/h2,4-8,10-11,16,26H,1,3,9,12-14H2,(H,28,30)/t16-/m0/s1. The summed E-state index contributed by atoms with van der Waals surface area (Å²) in [4.78, 5) is 31.0. The molecule has 2 aliphatic heterocycles. The van der Waals surface area contributed by atoms with Crippen molar-refractivity contribution in [3.63, 3.8) is 0 Å². The first kappa shape index (κ1) is 21.7. The first-order chi connectivity index (χ1) is 16.1. The summed E-state index contributed by atoms with van der Waals surface area (Å²) >= 11 is 1.48. The molecule has 1 fully saturated rings. The molecule has 2 amide bonds. The van der Waals surface area contributed by atoms with E-state index in [4.69, 9.17) is 4.74 Å². The summed E-state index contributed by atoms with van der Waals surface area (Å²) in [5.74, 6) is 0.101. The van der Waals surface area contributed by atoms with Crippen molar-refractivity contribution < 1.29 is 18.7 Å². The summed E-state index contributed by atoms with van der Waals surface area (Å²) in [6.45, 7) is 1.40. The average molecular weight is 467 g/mol. The van der Waals surface area contributed by atoms with Crippen LogP contribution in [-0.2, 0) is 16.1 Å². The number of fused-ring (bicyclic) bond motifs is 2. The maximum Gasteiger partial charge on any atom is 0.414 e. The molecule has 2 N–H and O–H groups in total. The van der Waals surface area contributed by atoms with Gasteiger partial charge in [-0.3, -0.25) is 14.7 Å². The number of rotatable bonds is 7. The molecule has 1 saturated heterocycles. The first-order valence-electron chi connectivity index (χ1n) is 10.9. The van der Waals surface area contributed by atoms with Gasteiger partial charge in [0.2, 0.25) is 5.91 Å². The lowest BCUT2D eigenvalue weighted by Crippen LogP contribution is -2.34. The summed E-state index contributed by atoms with van der Waals surface area (Å²) < 4.78 is 19.7. The molecule has 5 rings (SSSR count). The lowest BCUT2D eigenvalue weighted by Gasteiger charge is -2.24. The van der Waals surface area contributed by atoms with Crippen LogP contribution in [0, 0.1) is 5.82 Å². The molecule has 2 aromatic carbocycles. The van der Waals surface area contributed by atoms with Gasteiger partial charge in [0.25, 0.3) is 0 Å². The van der Waals surface area contributed by atoms with Gasteiger partial charge >= 0.3 is 6.09 Å². The third-order valence-electron chi connectivity index (χ3n) is 5.87. The molecular weight excluding hydrogens is 443 g/mol. The van der Waals surface area contributed by atoms with Crippen molar-refractivity contribution in [1.82, 2.24) is 10.3 Å². The minimum atomic E-state index is -0.381. The van der Waals surface area contributed by atoms with Crippen molar-refractivity contribution in [2.75, 3.05) is 29.1 Å². The van der Waals surface area contributed by atoms with Gasteiger partial charge in [0, 0.05) is 34.3 Å². The van der Waals surface area contributed by atoms with Crippen LogP contribution in [0.4, 0.5) is 20.6 Å². The van der Waals surface area contributed by atoms with E-state index in [-0.39, 0.29) is 23.9 Å². The van der Waals surface area contributed by atoms with E-state index in [9.17, 15) is 14.0 Å². The number of anilines is 2. The summed E-state index contributed by atoms with van der Waals surface area (Å²) in [6, 6.07) is 12.4. The molecule has 0 aliphatic carbocycles. The number of carbonyl (C=O) groups is 2. The Balaban J connectivity index is 1.19. The number of hydrogen-bond donors (Lipinski definition) is 2. The Labute approximate surface area is 194 Å². The Hall–Kier alpha value is -3.17. The van der Waals surface area contributed by atoms with Crippen LogP contribution in [0.2, 0.25) is 0 Å². The summed E-state index contributed by atoms with van der Waals surface area (Å²) in [5.41, 5.74) is 2.81. The molecule has 0 radical (unpaired) electrons. The highest BCUT2D eigenvalue weighted by Gasteiger charge is 2.34. The number of pyridine rings is 1. The van der Waals surface area contributed by atoms with Gasteiger partial charge in [0.05, 0.1) is 23.0 Å². The maximum absolute atomic E-state index is 14.3. The van der Waals surface area contributed by atoms with E-state index in [1.54, 1.807) is 17.2 Å². The van der Waals surface area contributed by atoms with Crippen LogP contribution < -0.4 is 15.5 Å². The number of nitrogens with zero attached hydrogens (tertiary/aromatic N) is 2. The van der Waals surface area contributed by atoms with E-state index in [2.05, 4.69) is 15.6 Å². The number of halogens is 1. The van der Waals surface area contributed by atoms with Gasteiger partial charge in [0.15, 0.2) is 0 Å². The number of amides is 2. The van der Waals surface area contributed by atoms with Gasteiger partial charge in [-0.2, -0.15) is 0 Å². The number of carbonyl (C=O) groups excluding carboxylic acids is 2. The molecule has 33 heavy (non-hydrogen) atoms. The van der Waals surface area contributed by atoms with Crippen LogP contribution in [0.15, 0.2) is 53.6 Å². The molecule has 1 aromatic heterocycles. The molecule has 7 nitrogen and oxygen atoms in total. The number of thioether (sulfide) groups is 1. The zero-order valence-electron chi connectivity index (χ0n) is 17.8. The Morgan fingerprint density at radius 3 is 3.06 bits per heavy atom. The van der Waals surface area contributed by atoms with Crippen molar-refractivity contribution in [3.8, 4) is 0 Å². The van der Waals surface area contributed by atoms with Gasteiger partial charge < -0.3 is 15.4 Å². The van der Waals surface area contributed by atoms with E-state index < -0.39 is 0 Å². The number of aromatic nitrogens is 1. The number of ether oxygens (including phenoxy) is 1. The molecule has 0 bridgehead atoms. The fourth-order valence-electron chi connectivity index (χ4n) is 4.25. The normalized spacial score (nSPS) is 17.7. The monoisotopic (exact) mass is 466 g/mol. The maximum atomic E-state index is 14.3. The van der Waals surface area contributed by atoms with Crippen LogP contribution in [0.5, 0.6) is 0 Å². The average Bonchev–Trinajstić information content (AvgIpc) is 3.19. The van der Waals surface area contributed by atoms with Crippen molar-refractivity contribution >= 4 is 46.0 Å². The van der Waals surface area contributed by atoms with Gasteiger partial charge in [-0.05, 0) is 55.8 Å². The summed E-state index contributed by atoms with van der Waals surface area (Å²) in [5, 5.41) is 6.98. The van der Waals surface area contributed by atoms with Gasteiger partial charge in [-0.1, -0.05) is 6.07 Å². The number of nitrogens with one attached hydrogen (secondary N) is 2. The van der Waals surface area contributed by atoms with Crippen LogP contribution in [-0.4, -0.2) is 41.9 Å². The summed E-state index contributed by atoms with van der Waals surface area (Å²) in [6.07, 6.45) is 2.84. The van der Waals surface area contributed by atoms with Crippen LogP contribution in [0.3, 0.4) is 0 Å². The van der Waals surface area contributed by atoms with E-state index in [0.717, 1.165) is 34.3 Å². The Morgan fingerprint density at radius 2 is 2.15 bits per heavy atom. The minimum Gasteiger partial charge on any atom is -0.447 e. The van der Waals surface area contributed by atoms with Gasteiger partial charge in [-0.25, -0.2) is 9.18 Å². The molecular formula is C24H23FN4O3S. The molecule has 3 heterocycles. The topological polar surface area (TPSA) is 83.6 Å². The number of hydrogen-bond acceptors (Lipinski definition) is 6. The Morgan fingerprint density at radius 1 is 1.24 bits per heavy atom. The highest BCUT2D eigenvalue weighted by atomic mass is 32.2. The van der Waals surface area contributed by atoms with Gasteiger partial charge in [-0.15, -0.1) is 11.8 Å². The van der Waals surface area contributed by atoms with Crippen LogP contribution in [0.25, 0.3) is 10.9 Å². The van der Waals surface area contributed by atoms with E-state index in [0.29, 0.717) is 36.7 Å². The first-order valence-corrected chi connectivity index (χ1v) is 11.8. The third kappa shape index (κ3) is 4.51. The van der Waals surface area contributed by atoms with E-state index >= 15 is 0 Å². The summed E-state index contributed by atoms with van der Waals surface area (Å²) in [7, 11) is 0. The molecule has 3 aromatic rings. The lowest BCUT2D eigenvalue weighted by molar-refractivity contribution is -0.113. The van der Waals surface area contributed by atoms with E-state index in [1.165, 1.54) is 17.8 Å². The number of cyclic esters (lactones) is 1. The fraction of sp³-hybridized carbons (Fsp3) is 0.292. The largest absolute Gasteiger partial charge is 0.447 e. The number of benzene rings is 2. The zero-order chi connectivity index (χ0) is 22.8. The molecule has 2 aliphatic rings. The second-order valence-corrected chi connectivity index (χ2v) is 9.05.